The Bertz CT molecular complexity index is 322. The van der Waals surface area contributed by atoms with Crippen LogP contribution >= 0.6 is 15.9 Å². The van der Waals surface area contributed by atoms with Gasteiger partial charge in [0.2, 0.25) is 5.91 Å². The molecule has 0 spiro atoms. The summed E-state index contributed by atoms with van der Waals surface area (Å²) in [5, 5.41) is 4.04. The van der Waals surface area contributed by atoms with Crippen molar-refractivity contribution in [1.29, 1.82) is 0 Å². The van der Waals surface area contributed by atoms with Crippen LogP contribution in [0.5, 0.6) is 0 Å². The number of halogens is 1. The summed E-state index contributed by atoms with van der Waals surface area (Å²) in [6, 6.07) is 0. The van der Waals surface area contributed by atoms with Crippen LogP contribution in [-0.4, -0.2) is 32.5 Å². The third-order valence-corrected chi connectivity index (χ3v) is 2.29. The molecule has 1 aromatic rings. The van der Waals surface area contributed by atoms with Crippen LogP contribution in [-0.2, 0) is 18.4 Å². The molecule has 0 saturated carbocycles. The predicted octanol–water partition coefficient (Wildman–Crippen LogP) is 1.16. The summed E-state index contributed by atoms with van der Waals surface area (Å²) in [6.45, 7) is 2.42. The largest absolute Gasteiger partial charge is 0.340 e. The number of alkyl halides is 1. The standard InChI is InChI=1S/C9H14BrN3O/c1-7(10)9(14)12(2)5-8-4-11-13(3)6-8/h4,6-7H,5H2,1-3H3. The molecule has 0 radical (unpaired) electrons. The van der Waals surface area contributed by atoms with Gasteiger partial charge in [-0.25, -0.2) is 0 Å². The lowest BCUT2D eigenvalue weighted by atomic mass is 10.3. The van der Waals surface area contributed by atoms with E-state index in [0.717, 1.165) is 5.56 Å². The average molecular weight is 260 g/mol. The van der Waals surface area contributed by atoms with Crippen LogP contribution in [0.1, 0.15) is 12.5 Å². The van der Waals surface area contributed by atoms with Crippen molar-refractivity contribution in [1.82, 2.24) is 14.7 Å². The lowest BCUT2D eigenvalue weighted by Gasteiger charge is -2.17. The second kappa shape index (κ2) is 4.59. The van der Waals surface area contributed by atoms with E-state index in [9.17, 15) is 4.79 Å². The fourth-order valence-corrected chi connectivity index (χ4v) is 1.56. The monoisotopic (exact) mass is 259 g/mol. The summed E-state index contributed by atoms with van der Waals surface area (Å²) in [4.78, 5) is 13.0. The highest BCUT2D eigenvalue weighted by molar-refractivity contribution is 9.10. The summed E-state index contributed by atoms with van der Waals surface area (Å²) in [5.41, 5.74) is 1.04. The maximum Gasteiger partial charge on any atom is 0.236 e. The number of hydrogen-bond acceptors (Lipinski definition) is 2. The minimum absolute atomic E-state index is 0.0776. The van der Waals surface area contributed by atoms with Gasteiger partial charge in [0.15, 0.2) is 0 Å². The molecule has 78 valence electrons. The smallest absolute Gasteiger partial charge is 0.236 e. The number of nitrogens with zero attached hydrogens (tertiary/aromatic N) is 3. The van der Waals surface area contributed by atoms with Crippen molar-refractivity contribution in [3.05, 3.63) is 18.0 Å². The molecule has 0 N–H and O–H groups in total. The van der Waals surface area contributed by atoms with Crippen LogP contribution in [0.2, 0.25) is 0 Å². The van der Waals surface area contributed by atoms with E-state index in [1.807, 2.05) is 20.2 Å². The molecule has 1 aromatic heterocycles. The van der Waals surface area contributed by atoms with Gasteiger partial charge in [0.25, 0.3) is 0 Å². The van der Waals surface area contributed by atoms with Crippen LogP contribution in [0.4, 0.5) is 0 Å². The first kappa shape index (κ1) is 11.2. The fraction of sp³-hybridized carbons (Fsp3) is 0.556. The molecule has 1 rings (SSSR count). The van der Waals surface area contributed by atoms with E-state index in [2.05, 4.69) is 21.0 Å². The lowest BCUT2D eigenvalue weighted by Crippen LogP contribution is -2.31. The molecule has 0 aliphatic rings. The Labute approximate surface area is 92.0 Å². The summed E-state index contributed by atoms with van der Waals surface area (Å²) in [6.07, 6.45) is 3.67. The number of hydrogen-bond donors (Lipinski definition) is 0. The van der Waals surface area contributed by atoms with Gasteiger partial charge in [0, 0.05) is 32.4 Å². The van der Waals surface area contributed by atoms with Gasteiger partial charge in [0.1, 0.15) is 0 Å². The third-order valence-electron chi connectivity index (χ3n) is 1.89. The Balaban J connectivity index is 2.57. The number of aryl methyl sites for hydroxylation is 1. The predicted molar refractivity (Wildman–Crippen MR) is 58.1 cm³/mol. The Kier molecular flexibility index (Phi) is 3.69. The van der Waals surface area contributed by atoms with Crippen LogP contribution in [0.3, 0.4) is 0 Å². The minimum atomic E-state index is -0.135. The molecule has 1 heterocycles. The van der Waals surface area contributed by atoms with Crippen molar-refractivity contribution in [3.63, 3.8) is 0 Å². The van der Waals surface area contributed by atoms with Gasteiger partial charge in [-0.3, -0.25) is 9.48 Å². The van der Waals surface area contributed by atoms with Gasteiger partial charge in [0.05, 0.1) is 11.0 Å². The van der Waals surface area contributed by atoms with E-state index in [4.69, 9.17) is 0 Å². The number of carbonyl (C=O) groups is 1. The third kappa shape index (κ3) is 2.83. The van der Waals surface area contributed by atoms with Gasteiger partial charge >= 0.3 is 0 Å². The first-order valence-corrected chi connectivity index (χ1v) is 5.29. The molecule has 0 saturated heterocycles. The molecule has 14 heavy (non-hydrogen) atoms. The topological polar surface area (TPSA) is 38.1 Å². The molecule has 0 aliphatic heterocycles. The van der Waals surface area contributed by atoms with Crippen molar-refractivity contribution in [2.45, 2.75) is 18.3 Å². The zero-order valence-corrected chi connectivity index (χ0v) is 10.2. The van der Waals surface area contributed by atoms with Gasteiger partial charge in [-0.1, -0.05) is 15.9 Å². The van der Waals surface area contributed by atoms with E-state index in [-0.39, 0.29) is 10.7 Å². The molecule has 1 unspecified atom stereocenters. The van der Waals surface area contributed by atoms with Crippen LogP contribution < -0.4 is 0 Å². The van der Waals surface area contributed by atoms with Gasteiger partial charge in [-0.15, -0.1) is 0 Å². The quantitative estimate of drug-likeness (QED) is 0.765. The molecule has 1 atom stereocenters. The highest BCUT2D eigenvalue weighted by atomic mass is 79.9. The molecule has 5 heteroatoms. The highest BCUT2D eigenvalue weighted by Crippen LogP contribution is 2.06. The van der Waals surface area contributed by atoms with Crippen LogP contribution in [0.15, 0.2) is 12.4 Å². The van der Waals surface area contributed by atoms with Crippen molar-refractivity contribution in [2.24, 2.45) is 7.05 Å². The van der Waals surface area contributed by atoms with E-state index in [1.54, 1.807) is 22.8 Å². The summed E-state index contributed by atoms with van der Waals surface area (Å²) in [5.74, 6) is 0.0776. The Hall–Kier alpha value is -0.840. The second-order valence-corrected chi connectivity index (χ2v) is 4.71. The normalized spacial score (nSPS) is 12.6. The zero-order valence-electron chi connectivity index (χ0n) is 8.57. The molecule has 1 amide bonds. The first-order valence-electron chi connectivity index (χ1n) is 4.37. The number of carbonyl (C=O) groups excluding carboxylic acids is 1. The van der Waals surface area contributed by atoms with E-state index in [1.165, 1.54) is 0 Å². The maximum atomic E-state index is 11.5. The van der Waals surface area contributed by atoms with Gasteiger partial charge in [-0.05, 0) is 6.92 Å². The lowest BCUT2D eigenvalue weighted by molar-refractivity contribution is -0.129. The van der Waals surface area contributed by atoms with Crippen LogP contribution in [0.25, 0.3) is 0 Å². The SMILES string of the molecule is CC(Br)C(=O)N(C)Cc1cnn(C)c1. The Morgan fingerprint density at radius 2 is 2.43 bits per heavy atom. The highest BCUT2D eigenvalue weighted by Gasteiger charge is 2.14. The second-order valence-electron chi connectivity index (χ2n) is 3.33. The molecule has 0 aromatic carbocycles. The van der Waals surface area contributed by atoms with Crippen molar-refractivity contribution >= 4 is 21.8 Å². The Morgan fingerprint density at radius 1 is 1.79 bits per heavy atom. The van der Waals surface area contributed by atoms with Crippen molar-refractivity contribution < 1.29 is 4.79 Å². The van der Waals surface area contributed by atoms with E-state index < -0.39 is 0 Å². The van der Waals surface area contributed by atoms with Gasteiger partial charge < -0.3 is 4.90 Å². The fourth-order valence-electron chi connectivity index (χ4n) is 1.21. The molecular weight excluding hydrogens is 246 g/mol. The van der Waals surface area contributed by atoms with E-state index >= 15 is 0 Å². The van der Waals surface area contributed by atoms with Gasteiger partial charge in [-0.2, -0.15) is 5.10 Å². The summed E-state index contributed by atoms with van der Waals surface area (Å²) < 4.78 is 1.73. The molecular formula is C9H14BrN3O. The zero-order chi connectivity index (χ0) is 10.7. The van der Waals surface area contributed by atoms with Crippen molar-refractivity contribution in [2.75, 3.05) is 7.05 Å². The Morgan fingerprint density at radius 3 is 2.86 bits per heavy atom. The summed E-state index contributed by atoms with van der Waals surface area (Å²) in [7, 11) is 3.64. The maximum absolute atomic E-state index is 11.5. The molecule has 0 aliphatic carbocycles. The van der Waals surface area contributed by atoms with Crippen molar-refractivity contribution in [3.8, 4) is 0 Å². The minimum Gasteiger partial charge on any atom is -0.340 e. The van der Waals surface area contributed by atoms with E-state index in [0.29, 0.717) is 6.54 Å². The molecule has 4 nitrogen and oxygen atoms in total. The number of aromatic nitrogens is 2. The van der Waals surface area contributed by atoms with Crippen LogP contribution in [0, 0.1) is 0 Å². The molecule has 0 bridgehead atoms. The average Bonchev–Trinajstić information content (AvgIpc) is 2.49. The molecule has 0 fully saturated rings. The summed E-state index contributed by atoms with van der Waals surface area (Å²) >= 11 is 3.25. The first-order chi connectivity index (χ1) is 6.50. The number of amides is 1. The number of rotatable bonds is 3.